The van der Waals surface area contributed by atoms with Crippen LogP contribution in [0.1, 0.15) is 40.4 Å². The Hall–Kier alpha value is -3.84. The van der Waals surface area contributed by atoms with Gasteiger partial charge in [-0.3, -0.25) is 4.79 Å². The molecule has 182 valence electrons. The van der Waals surface area contributed by atoms with Gasteiger partial charge < -0.3 is 24.1 Å². The van der Waals surface area contributed by atoms with Crippen molar-refractivity contribution in [2.45, 2.75) is 31.5 Å². The van der Waals surface area contributed by atoms with Gasteiger partial charge in [0.1, 0.15) is 23.4 Å². The van der Waals surface area contributed by atoms with E-state index in [9.17, 15) is 9.59 Å². The zero-order chi connectivity index (χ0) is 24.6. The van der Waals surface area contributed by atoms with E-state index in [1.54, 1.807) is 12.1 Å². The Bertz CT molecular complexity index is 1140. The molecule has 1 aliphatic heterocycles. The third-order valence-corrected chi connectivity index (χ3v) is 5.79. The molecule has 3 aromatic carbocycles. The number of carboxylic acid groups (broad SMARTS) is 1. The number of methoxy groups -OCH3 is 1. The number of fused-ring (bicyclic) bond motifs is 1. The molecule has 0 spiro atoms. The molecule has 35 heavy (non-hydrogen) atoms. The molecule has 3 aromatic rings. The highest BCUT2D eigenvalue weighted by Crippen LogP contribution is 2.36. The number of carboxylic acids is 1. The second kappa shape index (κ2) is 11.5. The van der Waals surface area contributed by atoms with Crippen molar-refractivity contribution < 1.29 is 33.6 Å². The standard InChI is InChI=1S/C28H28O7/c1-32-27(28(30)31)16-19-8-10-21(11-9-19)33-14-5-15-34-22-12-13-25-23(17-22)24(29)18-26(35-25)20-6-3-2-4-7-20/h2-4,6-13,17,26-27H,5,14-16,18H2,1H3,(H,30,31). The van der Waals surface area contributed by atoms with Gasteiger partial charge in [-0.2, -0.15) is 0 Å². The van der Waals surface area contributed by atoms with Crippen molar-refractivity contribution in [2.24, 2.45) is 0 Å². The summed E-state index contributed by atoms with van der Waals surface area (Å²) < 4.78 is 22.6. The molecule has 2 atom stereocenters. The lowest BCUT2D eigenvalue weighted by Gasteiger charge is -2.26. The van der Waals surface area contributed by atoms with Gasteiger partial charge >= 0.3 is 5.97 Å². The van der Waals surface area contributed by atoms with Crippen molar-refractivity contribution in [1.29, 1.82) is 0 Å². The van der Waals surface area contributed by atoms with E-state index >= 15 is 0 Å². The quantitative estimate of drug-likeness (QED) is 0.394. The van der Waals surface area contributed by atoms with Crippen molar-refractivity contribution >= 4 is 11.8 Å². The Morgan fingerprint density at radius 1 is 1.00 bits per heavy atom. The van der Waals surface area contributed by atoms with Crippen molar-refractivity contribution in [3.05, 3.63) is 89.5 Å². The number of rotatable bonds is 11. The summed E-state index contributed by atoms with van der Waals surface area (Å²) in [6, 6.07) is 22.4. The van der Waals surface area contributed by atoms with Gasteiger partial charge in [0.25, 0.3) is 0 Å². The van der Waals surface area contributed by atoms with E-state index in [1.165, 1.54) is 7.11 Å². The van der Waals surface area contributed by atoms with E-state index in [0.29, 0.717) is 55.3 Å². The first-order valence-corrected chi connectivity index (χ1v) is 11.5. The van der Waals surface area contributed by atoms with Gasteiger partial charge in [0, 0.05) is 20.0 Å². The summed E-state index contributed by atoms with van der Waals surface area (Å²) in [5, 5.41) is 9.08. The minimum absolute atomic E-state index is 0.0394. The lowest BCUT2D eigenvalue weighted by molar-refractivity contribution is -0.148. The van der Waals surface area contributed by atoms with Crippen LogP contribution in [0.25, 0.3) is 0 Å². The number of ketones is 1. The number of carbonyl (C=O) groups excluding carboxylic acids is 1. The van der Waals surface area contributed by atoms with E-state index in [0.717, 1.165) is 11.1 Å². The van der Waals surface area contributed by atoms with Gasteiger partial charge in [-0.25, -0.2) is 4.79 Å². The number of ether oxygens (including phenoxy) is 4. The predicted molar refractivity (Wildman–Crippen MR) is 129 cm³/mol. The first-order chi connectivity index (χ1) is 17.0. The van der Waals surface area contributed by atoms with E-state index in [4.69, 9.17) is 24.1 Å². The molecule has 0 aliphatic carbocycles. The van der Waals surface area contributed by atoms with Crippen LogP contribution < -0.4 is 14.2 Å². The first kappa shape index (κ1) is 24.3. The van der Waals surface area contributed by atoms with Crippen molar-refractivity contribution in [3.63, 3.8) is 0 Å². The van der Waals surface area contributed by atoms with Crippen LogP contribution in [0, 0.1) is 0 Å². The van der Waals surface area contributed by atoms with Crippen LogP contribution in [0.15, 0.2) is 72.8 Å². The molecule has 0 aromatic heterocycles. The number of Topliss-reactive ketones (excluding diaryl/α,β-unsaturated/α-hetero) is 1. The Morgan fingerprint density at radius 2 is 1.69 bits per heavy atom. The highest BCUT2D eigenvalue weighted by atomic mass is 16.5. The molecule has 4 rings (SSSR count). The van der Waals surface area contributed by atoms with E-state index in [1.807, 2.05) is 60.7 Å². The van der Waals surface area contributed by atoms with Crippen LogP contribution in [0.2, 0.25) is 0 Å². The summed E-state index contributed by atoms with van der Waals surface area (Å²) in [7, 11) is 1.38. The maximum Gasteiger partial charge on any atom is 0.333 e. The minimum Gasteiger partial charge on any atom is -0.493 e. The van der Waals surface area contributed by atoms with Crippen LogP contribution in [0.4, 0.5) is 0 Å². The summed E-state index contributed by atoms with van der Waals surface area (Å²) >= 11 is 0. The minimum atomic E-state index is -0.986. The number of carbonyl (C=O) groups is 2. The third-order valence-electron chi connectivity index (χ3n) is 5.79. The molecular formula is C28H28O7. The van der Waals surface area contributed by atoms with Crippen molar-refractivity contribution in [3.8, 4) is 17.2 Å². The topological polar surface area (TPSA) is 91.3 Å². The molecule has 0 saturated heterocycles. The largest absolute Gasteiger partial charge is 0.493 e. The lowest BCUT2D eigenvalue weighted by Crippen LogP contribution is -2.24. The molecule has 0 saturated carbocycles. The van der Waals surface area contributed by atoms with Crippen LogP contribution in [-0.4, -0.2) is 43.3 Å². The molecule has 2 unspecified atom stereocenters. The second-order valence-corrected chi connectivity index (χ2v) is 8.26. The highest BCUT2D eigenvalue weighted by molar-refractivity contribution is 6.00. The summed E-state index contributed by atoms with van der Waals surface area (Å²) in [6.07, 6.45) is 0.114. The fraction of sp³-hybridized carbons (Fsp3) is 0.286. The fourth-order valence-corrected chi connectivity index (χ4v) is 3.89. The predicted octanol–water partition coefficient (Wildman–Crippen LogP) is 4.88. The first-order valence-electron chi connectivity index (χ1n) is 11.5. The van der Waals surface area contributed by atoms with E-state index in [-0.39, 0.29) is 11.9 Å². The van der Waals surface area contributed by atoms with Gasteiger partial charge in [0.15, 0.2) is 11.9 Å². The maximum atomic E-state index is 12.7. The Morgan fingerprint density at radius 3 is 2.37 bits per heavy atom. The average Bonchev–Trinajstić information content (AvgIpc) is 2.88. The van der Waals surface area contributed by atoms with Crippen LogP contribution in [0.5, 0.6) is 17.2 Å². The summed E-state index contributed by atoms with van der Waals surface area (Å²) in [4.78, 5) is 23.8. The van der Waals surface area contributed by atoms with Crippen LogP contribution in [-0.2, 0) is 16.0 Å². The summed E-state index contributed by atoms with van der Waals surface area (Å²) in [5.41, 5.74) is 2.39. The SMILES string of the molecule is COC(Cc1ccc(OCCCOc2ccc3c(c2)C(=O)CC(c2ccccc2)O3)cc1)C(=O)O. The Balaban J connectivity index is 1.22. The molecule has 1 heterocycles. The van der Waals surface area contributed by atoms with E-state index in [2.05, 4.69) is 0 Å². The van der Waals surface area contributed by atoms with Crippen molar-refractivity contribution in [1.82, 2.24) is 0 Å². The molecule has 0 fully saturated rings. The molecule has 1 N–H and O–H groups in total. The van der Waals surface area contributed by atoms with E-state index < -0.39 is 12.1 Å². The second-order valence-electron chi connectivity index (χ2n) is 8.26. The van der Waals surface area contributed by atoms with Gasteiger partial charge in [-0.1, -0.05) is 42.5 Å². The number of hydrogen-bond acceptors (Lipinski definition) is 6. The highest BCUT2D eigenvalue weighted by Gasteiger charge is 2.28. The third kappa shape index (κ3) is 6.39. The van der Waals surface area contributed by atoms with Crippen LogP contribution in [0.3, 0.4) is 0 Å². The molecular weight excluding hydrogens is 448 g/mol. The fourth-order valence-electron chi connectivity index (χ4n) is 3.89. The molecule has 0 amide bonds. The van der Waals surface area contributed by atoms with Gasteiger partial charge in [0.05, 0.1) is 25.2 Å². The average molecular weight is 477 g/mol. The number of benzene rings is 3. The van der Waals surface area contributed by atoms with Gasteiger partial charge in [0.2, 0.25) is 0 Å². The molecule has 1 aliphatic rings. The number of hydrogen-bond donors (Lipinski definition) is 1. The Labute approximate surface area is 204 Å². The summed E-state index contributed by atoms with van der Waals surface area (Å²) in [6.45, 7) is 0.896. The number of aliphatic carboxylic acids is 1. The molecule has 7 heteroatoms. The molecule has 0 bridgehead atoms. The van der Waals surface area contributed by atoms with Gasteiger partial charge in [-0.05, 0) is 41.5 Å². The Kier molecular flexibility index (Phi) is 8.00. The molecule has 7 nitrogen and oxygen atoms in total. The van der Waals surface area contributed by atoms with Gasteiger partial charge in [-0.15, -0.1) is 0 Å². The lowest BCUT2D eigenvalue weighted by atomic mass is 9.96. The normalized spacial score (nSPS) is 15.6. The van der Waals surface area contributed by atoms with Crippen LogP contribution >= 0.6 is 0 Å². The summed E-state index contributed by atoms with van der Waals surface area (Å²) in [5.74, 6) is 0.948. The molecule has 0 radical (unpaired) electrons. The zero-order valence-electron chi connectivity index (χ0n) is 19.5. The maximum absolute atomic E-state index is 12.7. The monoisotopic (exact) mass is 476 g/mol. The van der Waals surface area contributed by atoms with Crippen molar-refractivity contribution in [2.75, 3.05) is 20.3 Å². The smallest absolute Gasteiger partial charge is 0.333 e. The zero-order valence-corrected chi connectivity index (χ0v) is 19.5.